The first kappa shape index (κ1) is 17.1. The molecule has 8 heteroatoms. The molecule has 0 bridgehead atoms. The zero-order chi connectivity index (χ0) is 15.0. The standard InChI is InChI=1S/C14H19N3O3S.ClH/c1-21(19,20)17-7-5-10-8-11(2-3-13(10)17)14(18)16-12-4-6-15-9-12;/h2-3,8,12,15H,4-7,9H2,1H3,(H,16,18);1H. The Morgan fingerprint density at radius 3 is 2.82 bits per heavy atom. The molecule has 0 saturated carbocycles. The van der Waals surface area contributed by atoms with Crippen LogP contribution < -0.4 is 14.9 Å². The molecule has 122 valence electrons. The zero-order valence-electron chi connectivity index (χ0n) is 12.3. The number of benzene rings is 1. The van der Waals surface area contributed by atoms with Crippen LogP contribution in [-0.4, -0.2) is 46.3 Å². The van der Waals surface area contributed by atoms with E-state index in [1.54, 1.807) is 18.2 Å². The van der Waals surface area contributed by atoms with Crippen molar-refractivity contribution in [2.45, 2.75) is 18.9 Å². The number of hydrogen-bond donors (Lipinski definition) is 2. The summed E-state index contributed by atoms with van der Waals surface area (Å²) in [5.74, 6) is -0.0932. The van der Waals surface area contributed by atoms with E-state index in [0.717, 1.165) is 25.1 Å². The lowest BCUT2D eigenvalue weighted by molar-refractivity contribution is 0.0940. The molecule has 6 nitrogen and oxygen atoms in total. The normalized spacial score (nSPS) is 20.4. The number of nitrogens with one attached hydrogen (secondary N) is 2. The summed E-state index contributed by atoms with van der Waals surface area (Å²) in [6.45, 7) is 2.18. The van der Waals surface area contributed by atoms with Crippen LogP contribution in [-0.2, 0) is 16.4 Å². The monoisotopic (exact) mass is 345 g/mol. The fourth-order valence-electron chi connectivity index (χ4n) is 2.90. The Morgan fingerprint density at radius 1 is 1.41 bits per heavy atom. The van der Waals surface area contributed by atoms with Crippen LogP contribution >= 0.6 is 12.4 Å². The fourth-order valence-corrected chi connectivity index (χ4v) is 3.86. The van der Waals surface area contributed by atoms with E-state index in [0.29, 0.717) is 24.2 Å². The molecule has 0 aliphatic carbocycles. The largest absolute Gasteiger partial charge is 0.348 e. The Morgan fingerprint density at radius 2 is 2.18 bits per heavy atom. The van der Waals surface area contributed by atoms with Gasteiger partial charge in [0.05, 0.1) is 11.9 Å². The van der Waals surface area contributed by atoms with E-state index in [1.165, 1.54) is 10.6 Å². The van der Waals surface area contributed by atoms with Gasteiger partial charge in [0.2, 0.25) is 10.0 Å². The van der Waals surface area contributed by atoms with Crippen LogP contribution in [0.5, 0.6) is 0 Å². The molecule has 2 N–H and O–H groups in total. The molecule has 2 aliphatic rings. The van der Waals surface area contributed by atoms with Crippen LogP contribution in [0, 0.1) is 0 Å². The highest BCUT2D eigenvalue weighted by molar-refractivity contribution is 7.92. The predicted octanol–water partition coefficient (Wildman–Crippen LogP) is 0.522. The molecular weight excluding hydrogens is 326 g/mol. The molecule has 1 aromatic carbocycles. The number of amides is 1. The maximum atomic E-state index is 12.2. The highest BCUT2D eigenvalue weighted by Gasteiger charge is 2.27. The topological polar surface area (TPSA) is 78.5 Å². The van der Waals surface area contributed by atoms with Crippen molar-refractivity contribution in [2.75, 3.05) is 30.2 Å². The molecule has 1 amide bonds. The van der Waals surface area contributed by atoms with Gasteiger partial charge in [0.1, 0.15) is 0 Å². The van der Waals surface area contributed by atoms with E-state index < -0.39 is 10.0 Å². The van der Waals surface area contributed by atoms with Crippen molar-refractivity contribution >= 4 is 34.0 Å². The van der Waals surface area contributed by atoms with Crippen LogP contribution in [0.1, 0.15) is 22.3 Å². The average molecular weight is 346 g/mol. The molecular formula is C14H20ClN3O3S. The number of rotatable bonds is 3. The van der Waals surface area contributed by atoms with Gasteiger partial charge in [-0.25, -0.2) is 8.42 Å². The third-order valence-electron chi connectivity index (χ3n) is 3.99. The smallest absolute Gasteiger partial charge is 0.251 e. The van der Waals surface area contributed by atoms with Gasteiger partial charge >= 0.3 is 0 Å². The maximum absolute atomic E-state index is 12.2. The molecule has 3 rings (SSSR count). The van der Waals surface area contributed by atoms with E-state index >= 15 is 0 Å². The summed E-state index contributed by atoms with van der Waals surface area (Å²) in [4.78, 5) is 12.2. The second-order valence-corrected chi connectivity index (χ2v) is 7.50. The van der Waals surface area contributed by atoms with Gasteiger partial charge in [0.25, 0.3) is 5.91 Å². The number of carbonyl (C=O) groups excluding carboxylic acids is 1. The molecule has 1 saturated heterocycles. The number of nitrogens with zero attached hydrogens (tertiary/aromatic N) is 1. The van der Waals surface area contributed by atoms with E-state index in [4.69, 9.17) is 0 Å². The summed E-state index contributed by atoms with van der Waals surface area (Å²) in [5.41, 5.74) is 2.20. The lowest BCUT2D eigenvalue weighted by Crippen LogP contribution is -2.36. The van der Waals surface area contributed by atoms with Gasteiger partial charge in [-0.2, -0.15) is 0 Å². The van der Waals surface area contributed by atoms with E-state index in [1.807, 2.05) is 0 Å². The molecule has 1 fully saturated rings. The number of carbonyl (C=O) groups is 1. The number of hydrogen-bond acceptors (Lipinski definition) is 4. The lowest BCUT2D eigenvalue weighted by atomic mass is 10.1. The number of halogens is 1. The molecule has 2 aliphatic heterocycles. The Balaban J connectivity index is 0.00000176. The van der Waals surface area contributed by atoms with Crippen LogP contribution in [0.4, 0.5) is 5.69 Å². The number of anilines is 1. The molecule has 2 heterocycles. The summed E-state index contributed by atoms with van der Waals surface area (Å²) in [6.07, 6.45) is 2.79. The highest BCUT2D eigenvalue weighted by atomic mass is 35.5. The molecule has 1 atom stereocenters. The van der Waals surface area contributed by atoms with Crippen LogP contribution in [0.2, 0.25) is 0 Å². The number of fused-ring (bicyclic) bond motifs is 1. The van der Waals surface area contributed by atoms with Gasteiger partial charge < -0.3 is 10.6 Å². The summed E-state index contributed by atoms with van der Waals surface area (Å²) in [5, 5.41) is 6.20. The molecule has 0 radical (unpaired) electrons. The molecule has 22 heavy (non-hydrogen) atoms. The summed E-state index contributed by atoms with van der Waals surface area (Å²) in [7, 11) is -3.24. The van der Waals surface area contributed by atoms with Crippen molar-refractivity contribution in [2.24, 2.45) is 0 Å². The predicted molar refractivity (Wildman–Crippen MR) is 88.3 cm³/mol. The van der Waals surface area contributed by atoms with Crippen LogP contribution in [0.3, 0.4) is 0 Å². The van der Waals surface area contributed by atoms with E-state index in [9.17, 15) is 13.2 Å². The maximum Gasteiger partial charge on any atom is 0.251 e. The van der Waals surface area contributed by atoms with Crippen LogP contribution in [0.25, 0.3) is 0 Å². The van der Waals surface area contributed by atoms with Crippen LogP contribution in [0.15, 0.2) is 18.2 Å². The highest BCUT2D eigenvalue weighted by Crippen LogP contribution is 2.30. The third-order valence-corrected chi connectivity index (χ3v) is 5.17. The second kappa shape index (κ2) is 6.44. The van der Waals surface area contributed by atoms with E-state index in [-0.39, 0.29) is 24.4 Å². The van der Waals surface area contributed by atoms with Crippen molar-refractivity contribution in [1.29, 1.82) is 0 Å². The Bertz CT molecular complexity index is 672. The molecule has 1 aromatic rings. The molecule has 1 unspecified atom stereocenters. The van der Waals surface area contributed by atoms with Gasteiger partial charge in [-0.05, 0) is 43.1 Å². The SMILES string of the molecule is CS(=O)(=O)N1CCc2cc(C(=O)NC3CCNC3)ccc21.Cl. The average Bonchev–Trinajstić information content (AvgIpc) is 3.05. The summed E-state index contributed by atoms with van der Waals surface area (Å²) < 4.78 is 24.8. The fraction of sp³-hybridized carbons (Fsp3) is 0.500. The quantitative estimate of drug-likeness (QED) is 0.837. The molecule has 0 aromatic heterocycles. The van der Waals surface area contributed by atoms with Gasteiger partial charge in [-0.15, -0.1) is 12.4 Å². The molecule has 0 spiro atoms. The summed E-state index contributed by atoms with van der Waals surface area (Å²) in [6, 6.07) is 5.40. The second-order valence-electron chi connectivity index (χ2n) is 5.59. The van der Waals surface area contributed by atoms with Gasteiger partial charge in [0, 0.05) is 24.7 Å². The van der Waals surface area contributed by atoms with Gasteiger partial charge in [-0.1, -0.05) is 0 Å². The third kappa shape index (κ3) is 3.37. The first-order valence-electron chi connectivity index (χ1n) is 7.07. The Kier molecular flexibility index (Phi) is 4.99. The van der Waals surface area contributed by atoms with Crippen molar-refractivity contribution in [3.8, 4) is 0 Å². The van der Waals surface area contributed by atoms with E-state index in [2.05, 4.69) is 10.6 Å². The van der Waals surface area contributed by atoms with Crippen molar-refractivity contribution < 1.29 is 13.2 Å². The van der Waals surface area contributed by atoms with Crippen molar-refractivity contribution in [3.63, 3.8) is 0 Å². The minimum atomic E-state index is -3.24. The van der Waals surface area contributed by atoms with Crippen molar-refractivity contribution in [1.82, 2.24) is 10.6 Å². The van der Waals surface area contributed by atoms with Gasteiger partial charge in [-0.3, -0.25) is 9.10 Å². The number of sulfonamides is 1. The first-order chi connectivity index (χ1) is 9.95. The Labute approximate surface area is 136 Å². The lowest BCUT2D eigenvalue weighted by Gasteiger charge is -2.17. The minimum absolute atomic E-state index is 0. The van der Waals surface area contributed by atoms with Crippen molar-refractivity contribution in [3.05, 3.63) is 29.3 Å². The first-order valence-corrected chi connectivity index (χ1v) is 8.92. The van der Waals surface area contributed by atoms with Gasteiger partial charge in [0.15, 0.2) is 0 Å². The minimum Gasteiger partial charge on any atom is -0.348 e. The Hall–Kier alpha value is -1.31. The summed E-state index contributed by atoms with van der Waals surface area (Å²) >= 11 is 0. The zero-order valence-corrected chi connectivity index (χ0v) is 14.0.